The van der Waals surface area contributed by atoms with E-state index in [-0.39, 0.29) is 5.91 Å². The third kappa shape index (κ3) is 3.13. The monoisotopic (exact) mass is 306 g/mol. The summed E-state index contributed by atoms with van der Waals surface area (Å²) < 4.78 is 1.68. The van der Waals surface area contributed by atoms with Crippen LogP contribution in [0.2, 0.25) is 0 Å². The third-order valence-electron chi connectivity index (χ3n) is 3.73. The van der Waals surface area contributed by atoms with Gasteiger partial charge in [0.25, 0.3) is 5.91 Å². The fourth-order valence-corrected chi connectivity index (χ4v) is 2.37. The third-order valence-corrected chi connectivity index (χ3v) is 3.73. The normalized spacial score (nSPS) is 10.5. The van der Waals surface area contributed by atoms with Crippen molar-refractivity contribution in [3.05, 3.63) is 71.5 Å². The van der Waals surface area contributed by atoms with Crippen molar-refractivity contribution < 1.29 is 4.79 Å². The summed E-state index contributed by atoms with van der Waals surface area (Å²) in [5, 5.41) is 11.0. The zero-order valence-electron chi connectivity index (χ0n) is 13.2. The second-order valence-corrected chi connectivity index (χ2v) is 5.28. The molecule has 23 heavy (non-hydrogen) atoms. The summed E-state index contributed by atoms with van der Waals surface area (Å²) >= 11 is 0. The van der Waals surface area contributed by atoms with Crippen LogP contribution in [-0.4, -0.2) is 20.9 Å². The van der Waals surface area contributed by atoms with Gasteiger partial charge in [-0.15, -0.1) is 5.10 Å². The molecule has 0 aliphatic carbocycles. The molecule has 0 saturated carbocycles. The fraction of sp³-hybridized carbons (Fsp3) is 0.167. The van der Waals surface area contributed by atoms with E-state index < -0.39 is 0 Å². The van der Waals surface area contributed by atoms with E-state index in [0.29, 0.717) is 11.4 Å². The molecule has 0 atom stereocenters. The van der Waals surface area contributed by atoms with Crippen molar-refractivity contribution in [1.29, 1.82) is 0 Å². The topological polar surface area (TPSA) is 59.8 Å². The lowest BCUT2D eigenvalue weighted by atomic mass is 10.1. The van der Waals surface area contributed by atoms with Crippen molar-refractivity contribution >= 4 is 11.6 Å². The maximum absolute atomic E-state index is 12.4. The van der Waals surface area contributed by atoms with E-state index in [4.69, 9.17) is 0 Å². The summed E-state index contributed by atoms with van der Waals surface area (Å²) in [5.74, 6) is -0.259. The first-order chi connectivity index (χ1) is 11.2. The molecule has 0 bridgehead atoms. The number of benzene rings is 2. The number of nitrogens with zero attached hydrogens (tertiary/aromatic N) is 3. The molecule has 0 radical (unpaired) electrons. The summed E-state index contributed by atoms with van der Waals surface area (Å²) in [6.45, 7) is 3.95. The van der Waals surface area contributed by atoms with E-state index in [1.165, 1.54) is 5.56 Å². The van der Waals surface area contributed by atoms with Crippen LogP contribution in [0.3, 0.4) is 0 Å². The predicted octanol–water partition coefficient (Wildman–Crippen LogP) is 3.39. The van der Waals surface area contributed by atoms with Crippen LogP contribution in [-0.2, 0) is 6.42 Å². The molecule has 3 rings (SSSR count). The molecule has 3 aromatic rings. The minimum Gasteiger partial charge on any atom is -0.321 e. The van der Waals surface area contributed by atoms with E-state index >= 15 is 0 Å². The van der Waals surface area contributed by atoms with Crippen LogP contribution in [0.15, 0.2) is 54.6 Å². The Morgan fingerprint density at radius 3 is 2.43 bits per heavy atom. The lowest BCUT2D eigenvalue weighted by Crippen LogP contribution is -2.14. The van der Waals surface area contributed by atoms with Gasteiger partial charge in [-0.25, -0.2) is 4.68 Å². The Labute approximate surface area is 135 Å². The Hall–Kier alpha value is -2.95. The average Bonchev–Trinajstić information content (AvgIpc) is 2.97. The van der Waals surface area contributed by atoms with Gasteiger partial charge in [0.1, 0.15) is 0 Å². The predicted molar refractivity (Wildman–Crippen MR) is 89.9 cm³/mol. The quantitative estimate of drug-likeness (QED) is 0.803. The van der Waals surface area contributed by atoms with Crippen LogP contribution in [0.5, 0.6) is 0 Å². The van der Waals surface area contributed by atoms with Crippen LogP contribution in [0.25, 0.3) is 5.69 Å². The summed E-state index contributed by atoms with van der Waals surface area (Å²) in [5.41, 5.74) is 3.93. The Kier molecular flexibility index (Phi) is 4.19. The molecule has 1 N–H and O–H groups in total. The molecule has 1 amide bonds. The minimum atomic E-state index is -0.259. The van der Waals surface area contributed by atoms with E-state index in [0.717, 1.165) is 17.8 Å². The first kappa shape index (κ1) is 15.0. The van der Waals surface area contributed by atoms with Gasteiger partial charge in [-0.3, -0.25) is 4.79 Å². The number of hydrogen-bond acceptors (Lipinski definition) is 3. The number of carbonyl (C=O) groups excluding carboxylic acids is 1. The minimum absolute atomic E-state index is 0.259. The van der Waals surface area contributed by atoms with E-state index in [1.807, 2.05) is 49.4 Å². The first-order valence-electron chi connectivity index (χ1n) is 7.57. The summed E-state index contributed by atoms with van der Waals surface area (Å²) in [6.07, 6.45) is 0.987. The molecule has 0 aliphatic rings. The molecule has 1 heterocycles. The number of amides is 1. The van der Waals surface area contributed by atoms with Gasteiger partial charge in [-0.05, 0) is 43.2 Å². The largest absolute Gasteiger partial charge is 0.321 e. The van der Waals surface area contributed by atoms with E-state index in [9.17, 15) is 4.79 Å². The zero-order valence-corrected chi connectivity index (χ0v) is 13.2. The lowest BCUT2D eigenvalue weighted by molar-refractivity contribution is 0.102. The molecule has 1 aromatic heterocycles. The second-order valence-electron chi connectivity index (χ2n) is 5.28. The molecule has 0 aliphatic heterocycles. The highest BCUT2D eigenvalue weighted by Gasteiger charge is 2.17. The fourth-order valence-electron chi connectivity index (χ4n) is 2.37. The molecular formula is C18H18N4O. The second kappa shape index (κ2) is 6.44. The van der Waals surface area contributed by atoms with Gasteiger partial charge >= 0.3 is 0 Å². The van der Waals surface area contributed by atoms with Gasteiger partial charge in [0.05, 0.1) is 11.4 Å². The number of aromatic nitrogens is 3. The number of aryl methyl sites for hydroxylation is 1. The molecule has 0 spiro atoms. The molecule has 2 aromatic carbocycles. The maximum Gasteiger partial charge on any atom is 0.278 e. The highest BCUT2D eigenvalue weighted by Crippen LogP contribution is 2.15. The Morgan fingerprint density at radius 1 is 1.09 bits per heavy atom. The van der Waals surface area contributed by atoms with Crippen molar-refractivity contribution in [2.45, 2.75) is 20.3 Å². The Bertz CT molecular complexity index is 807. The smallest absolute Gasteiger partial charge is 0.278 e. The molecular weight excluding hydrogens is 288 g/mol. The van der Waals surface area contributed by atoms with Gasteiger partial charge < -0.3 is 5.32 Å². The van der Waals surface area contributed by atoms with Crippen LogP contribution in [0.4, 0.5) is 5.69 Å². The van der Waals surface area contributed by atoms with Gasteiger partial charge in [-0.1, -0.05) is 42.5 Å². The van der Waals surface area contributed by atoms with E-state index in [1.54, 1.807) is 4.68 Å². The summed E-state index contributed by atoms with van der Waals surface area (Å²) in [6, 6.07) is 17.4. The number of nitrogens with one attached hydrogen (secondary N) is 1. The number of hydrogen-bond donors (Lipinski definition) is 1. The van der Waals surface area contributed by atoms with Crippen molar-refractivity contribution in [3.63, 3.8) is 0 Å². The summed E-state index contributed by atoms with van der Waals surface area (Å²) in [4.78, 5) is 12.4. The molecule has 0 unspecified atom stereocenters. The standard InChI is InChI=1S/C18H18N4O/c1-3-14-9-11-16(12-10-14)22-13(2)17(20-21-22)18(23)19-15-7-5-4-6-8-15/h4-12H,3H2,1-2H3,(H,19,23). The Balaban J connectivity index is 1.85. The summed E-state index contributed by atoms with van der Waals surface area (Å²) in [7, 11) is 0. The van der Waals surface area contributed by atoms with Gasteiger partial charge in [0.2, 0.25) is 0 Å². The number of carbonyl (C=O) groups is 1. The van der Waals surface area contributed by atoms with Crippen molar-refractivity contribution in [2.24, 2.45) is 0 Å². The van der Waals surface area contributed by atoms with Crippen LogP contribution < -0.4 is 5.32 Å². The van der Waals surface area contributed by atoms with Crippen LogP contribution in [0.1, 0.15) is 28.7 Å². The zero-order chi connectivity index (χ0) is 16.2. The SMILES string of the molecule is CCc1ccc(-n2nnc(C(=O)Nc3ccccc3)c2C)cc1. The molecule has 0 fully saturated rings. The maximum atomic E-state index is 12.4. The highest BCUT2D eigenvalue weighted by molar-refractivity contribution is 6.03. The van der Waals surface area contributed by atoms with Gasteiger partial charge in [-0.2, -0.15) is 0 Å². The van der Waals surface area contributed by atoms with Gasteiger partial charge in [0, 0.05) is 5.69 Å². The Morgan fingerprint density at radius 2 is 1.78 bits per heavy atom. The van der Waals surface area contributed by atoms with E-state index in [2.05, 4.69) is 34.7 Å². The molecule has 116 valence electrons. The highest BCUT2D eigenvalue weighted by atomic mass is 16.2. The van der Waals surface area contributed by atoms with Crippen molar-refractivity contribution in [2.75, 3.05) is 5.32 Å². The molecule has 5 heteroatoms. The number of rotatable bonds is 4. The molecule has 0 saturated heterocycles. The van der Waals surface area contributed by atoms with Crippen molar-refractivity contribution in [1.82, 2.24) is 15.0 Å². The molecule has 5 nitrogen and oxygen atoms in total. The van der Waals surface area contributed by atoms with Gasteiger partial charge in [0.15, 0.2) is 5.69 Å². The van der Waals surface area contributed by atoms with Crippen LogP contribution >= 0.6 is 0 Å². The average molecular weight is 306 g/mol. The van der Waals surface area contributed by atoms with Crippen LogP contribution in [0, 0.1) is 6.92 Å². The lowest BCUT2D eigenvalue weighted by Gasteiger charge is -2.05. The first-order valence-corrected chi connectivity index (χ1v) is 7.57. The number of para-hydroxylation sites is 1. The van der Waals surface area contributed by atoms with Crippen molar-refractivity contribution in [3.8, 4) is 5.69 Å². The number of anilines is 1.